The average Bonchev–Trinajstić information content (AvgIpc) is 2.90. The molecule has 0 aliphatic heterocycles. The van der Waals surface area contributed by atoms with Crippen molar-refractivity contribution < 1.29 is 22.7 Å². The molecule has 1 heterocycles. The molecule has 2 aromatic carbocycles. The predicted molar refractivity (Wildman–Crippen MR) is 92.5 cm³/mol. The molecule has 0 saturated carbocycles. The van der Waals surface area contributed by atoms with Crippen LogP contribution in [0.3, 0.4) is 0 Å². The highest BCUT2D eigenvalue weighted by Crippen LogP contribution is 2.31. The summed E-state index contributed by atoms with van der Waals surface area (Å²) in [6, 6.07) is 13.6. The number of aryl methyl sites for hydroxylation is 1. The second kappa shape index (κ2) is 6.76. The Balaban J connectivity index is 1.77. The number of alkyl halides is 3. The molecule has 7 heteroatoms. The summed E-state index contributed by atoms with van der Waals surface area (Å²) in [5, 5.41) is 3.72. The first kappa shape index (κ1) is 17.3. The Morgan fingerprint density at radius 1 is 1.16 bits per heavy atom. The van der Waals surface area contributed by atoms with Crippen LogP contribution in [-0.4, -0.2) is 18.7 Å². The van der Waals surface area contributed by atoms with Gasteiger partial charge in [0.2, 0.25) is 0 Å². The summed E-state index contributed by atoms with van der Waals surface area (Å²) in [5.41, 5.74) is 1.25. The highest BCUT2D eigenvalue weighted by molar-refractivity contribution is 7.21. The fourth-order valence-electron chi connectivity index (χ4n) is 2.41. The second-order valence-corrected chi connectivity index (χ2v) is 6.49. The zero-order valence-electron chi connectivity index (χ0n) is 13.2. The third-order valence-corrected chi connectivity index (χ3v) is 4.82. The predicted octanol–water partition coefficient (Wildman–Crippen LogP) is 5.40. The van der Waals surface area contributed by atoms with E-state index in [1.165, 1.54) is 29.5 Å². The van der Waals surface area contributed by atoms with E-state index < -0.39 is 12.8 Å². The molecule has 0 fully saturated rings. The van der Waals surface area contributed by atoms with Crippen LogP contribution in [0, 0.1) is 6.92 Å². The highest BCUT2D eigenvalue weighted by Gasteiger charge is 2.28. The largest absolute Gasteiger partial charge is 0.484 e. The third kappa shape index (κ3) is 4.11. The summed E-state index contributed by atoms with van der Waals surface area (Å²) >= 11 is 1.38. The number of hydrogen-bond donors (Lipinski definition) is 1. The quantitative estimate of drug-likeness (QED) is 0.672. The van der Waals surface area contributed by atoms with Gasteiger partial charge in [-0.1, -0.05) is 24.3 Å². The lowest BCUT2D eigenvalue weighted by atomic mass is 10.1. The number of benzene rings is 2. The molecule has 0 aliphatic carbocycles. The number of carbonyl (C=O) groups is 1. The molecule has 0 aliphatic rings. The highest BCUT2D eigenvalue weighted by atomic mass is 32.1. The summed E-state index contributed by atoms with van der Waals surface area (Å²) < 4.78 is 42.4. The number of anilines is 1. The van der Waals surface area contributed by atoms with Gasteiger partial charge in [-0.2, -0.15) is 13.2 Å². The van der Waals surface area contributed by atoms with Gasteiger partial charge in [0.25, 0.3) is 5.91 Å². The molecule has 0 radical (unpaired) electrons. The van der Waals surface area contributed by atoms with Crippen molar-refractivity contribution in [3.63, 3.8) is 0 Å². The molecular formula is C18H14F3NO2S. The average molecular weight is 365 g/mol. The van der Waals surface area contributed by atoms with Gasteiger partial charge >= 0.3 is 6.18 Å². The summed E-state index contributed by atoms with van der Waals surface area (Å²) in [6.45, 7) is 0.496. The van der Waals surface area contributed by atoms with E-state index in [2.05, 4.69) is 5.32 Å². The number of carbonyl (C=O) groups excluding carboxylic acids is 1. The number of amides is 1. The van der Waals surface area contributed by atoms with E-state index in [1.807, 2.05) is 31.2 Å². The van der Waals surface area contributed by atoms with Crippen molar-refractivity contribution in [1.82, 2.24) is 0 Å². The molecule has 1 aromatic heterocycles. The number of ether oxygens (including phenoxy) is 1. The summed E-state index contributed by atoms with van der Waals surface area (Å²) in [7, 11) is 0. The third-order valence-electron chi connectivity index (χ3n) is 3.54. The minimum absolute atomic E-state index is 0.0446. The summed E-state index contributed by atoms with van der Waals surface area (Å²) in [4.78, 5) is 13.1. The first-order valence-electron chi connectivity index (χ1n) is 7.42. The fraction of sp³-hybridized carbons (Fsp3) is 0.167. The van der Waals surface area contributed by atoms with E-state index in [0.29, 0.717) is 10.6 Å². The first-order valence-corrected chi connectivity index (χ1v) is 8.24. The van der Waals surface area contributed by atoms with E-state index in [9.17, 15) is 18.0 Å². The van der Waals surface area contributed by atoms with E-state index in [4.69, 9.17) is 4.74 Å². The van der Waals surface area contributed by atoms with Gasteiger partial charge in [0.15, 0.2) is 6.61 Å². The number of halogens is 3. The molecule has 130 valence electrons. The van der Waals surface area contributed by atoms with Gasteiger partial charge in [0.05, 0.1) is 4.88 Å². The Bertz CT molecular complexity index is 918. The second-order valence-electron chi connectivity index (χ2n) is 5.44. The smallest absolute Gasteiger partial charge is 0.422 e. The van der Waals surface area contributed by atoms with Crippen LogP contribution < -0.4 is 10.1 Å². The van der Waals surface area contributed by atoms with E-state index in [-0.39, 0.29) is 11.7 Å². The summed E-state index contributed by atoms with van der Waals surface area (Å²) in [5.74, 6) is -0.255. The van der Waals surface area contributed by atoms with E-state index in [1.54, 1.807) is 6.07 Å². The van der Waals surface area contributed by atoms with Gasteiger partial charge in [-0.3, -0.25) is 4.79 Å². The monoisotopic (exact) mass is 365 g/mol. The van der Waals surface area contributed by atoms with Gasteiger partial charge < -0.3 is 10.1 Å². The van der Waals surface area contributed by atoms with E-state index in [0.717, 1.165) is 15.6 Å². The molecule has 3 rings (SSSR count). The molecule has 0 unspecified atom stereocenters. The molecule has 3 nitrogen and oxygen atoms in total. The van der Waals surface area contributed by atoms with Crippen LogP contribution in [0.25, 0.3) is 10.1 Å². The number of thiophene rings is 1. The molecule has 25 heavy (non-hydrogen) atoms. The van der Waals surface area contributed by atoms with Gasteiger partial charge in [-0.05, 0) is 36.1 Å². The van der Waals surface area contributed by atoms with Gasteiger partial charge in [-0.15, -0.1) is 11.3 Å². The van der Waals surface area contributed by atoms with Crippen molar-refractivity contribution in [2.75, 3.05) is 11.9 Å². The lowest BCUT2D eigenvalue weighted by Crippen LogP contribution is -2.19. The maximum Gasteiger partial charge on any atom is 0.422 e. The van der Waals surface area contributed by atoms with Crippen LogP contribution >= 0.6 is 11.3 Å². The molecule has 0 saturated heterocycles. The lowest BCUT2D eigenvalue weighted by Gasteiger charge is -2.10. The minimum Gasteiger partial charge on any atom is -0.484 e. The number of nitrogens with one attached hydrogen (secondary N) is 1. The van der Waals surface area contributed by atoms with Crippen LogP contribution in [0.2, 0.25) is 0 Å². The van der Waals surface area contributed by atoms with Crippen molar-refractivity contribution in [2.24, 2.45) is 0 Å². The van der Waals surface area contributed by atoms with Crippen molar-refractivity contribution in [2.45, 2.75) is 13.1 Å². The molecule has 0 spiro atoms. The Kier molecular flexibility index (Phi) is 4.67. The van der Waals surface area contributed by atoms with Gasteiger partial charge in [0, 0.05) is 16.5 Å². The fourth-order valence-corrected chi connectivity index (χ4v) is 3.51. The van der Waals surface area contributed by atoms with Gasteiger partial charge in [-0.25, -0.2) is 0 Å². The number of rotatable bonds is 4. The molecule has 1 amide bonds. The standard InChI is InChI=1S/C18H14F3NO2S/c1-11-14-7-2-3-8-15(14)25-16(11)17(23)22-12-5-4-6-13(9-12)24-10-18(19,20)21/h2-9H,10H2,1H3,(H,22,23). The number of fused-ring (bicyclic) bond motifs is 1. The minimum atomic E-state index is -4.41. The van der Waals surface area contributed by atoms with Crippen LogP contribution in [0.4, 0.5) is 18.9 Å². The first-order chi connectivity index (χ1) is 11.8. The molecule has 3 aromatic rings. The topological polar surface area (TPSA) is 38.3 Å². The zero-order chi connectivity index (χ0) is 18.0. The Morgan fingerprint density at radius 2 is 1.92 bits per heavy atom. The van der Waals surface area contributed by atoms with Crippen molar-refractivity contribution in [3.8, 4) is 5.75 Å². The van der Waals surface area contributed by atoms with Crippen LogP contribution in [0.5, 0.6) is 5.75 Å². The Hall–Kier alpha value is -2.54. The van der Waals surface area contributed by atoms with Crippen molar-refractivity contribution in [1.29, 1.82) is 0 Å². The summed E-state index contributed by atoms with van der Waals surface area (Å²) in [6.07, 6.45) is -4.41. The van der Waals surface area contributed by atoms with Gasteiger partial charge in [0.1, 0.15) is 5.75 Å². The molecule has 0 atom stereocenters. The number of hydrogen-bond acceptors (Lipinski definition) is 3. The SMILES string of the molecule is Cc1c(C(=O)Nc2cccc(OCC(F)(F)F)c2)sc2ccccc12. The molecule has 0 bridgehead atoms. The van der Waals surface area contributed by atoms with Crippen LogP contribution in [0.15, 0.2) is 48.5 Å². The normalized spacial score (nSPS) is 11.5. The Labute approximate surface area is 146 Å². The maximum absolute atomic E-state index is 12.5. The zero-order valence-corrected chi connectivity index (χ0v) is 14.0. The van der Waals surface area contributed by atoms with Crippen LogP contribution in [-0.2, 0) is 0 Å². The van der Waals surface area contributed by atoms with E-state index >= 15 is 0 Å². The lowest BCUT2D eigenvalue weighted by molar-refractivity contribution is -0.153. The Morgan fingerprint density at radius 3 is 2.64 bits per heavy atom. The van der Waals surface area contributed by atoms with Crippen molar-refractivity contribution in [3.05, 3.63) is 59.0 Å². The van der Waals surface area contributed by atoms with Crippen molar-refractivity contribution >= 4 is 33.0 Å². The maximum atomic E-state index is 12.5. The van der Waals surface area contributed by atoms with Crippen LogP contribution in [0.1, 0.15) is 15.2 Å². The molecule has 1 N–H and O–H groups in total. The molecular weight excluding hydrogens is 351 g/mol.